The number of nitrogens with one attached hydrogen (secondary N) is 1. The quantitative estimate of drug-likeness (QED) is 0.834. The molecule has 0 aliphatic heterocycles. The monoisotopic (exact) mass is 219 g/mol. The molecule has 1 unspecified atom stereocenters. The van der Waals surface area contributed by atoms with E-state index in [2.05, 4.69) is 19.2 Å². The van der Waals surface area contributed by atoms with E-state index in [0.717, 1.165) is 0 Å². The van der Waals surface area contributed by atoms with Gasteiger partial charge in [-0.2, -0.15) is 5.26 Å². The molecule has 1 atom stereocenters. The summed E-state index contributed by atoms with van der Waals surface area (Å²) in [6, 6.07) is 5.64. The molecule has 0 bridgehead atoms. The zero-order valence-corrected chi connectivity index (χ0v) is 9.90. The highest BCUT2D eigenvalue weighted by atomic mass is 16.2. The van der Waals surface area contributed by atoms with Gasteiger partial charge in [-0.3, -0.25) is 4.79 Å². The lowest BCUT2D eigenvalue weighted by Crippen LogP contribution is -2.38. The lowest BCUT2D eigenvalue weighted by molar-refractivity contribution is -0.122. The van der Waals surface area contributed by atoms with Crippen molar-refractivity contribution in [3.8, 4) is 6.07 Å². The maximum atomic E-state index is 11.7. The van der Waals surface area contributed by atoms with Crippen LogP contribution in [0.25, 0.3) is 0 Å². The lowest BCUT2D eigenvalue weighted by atomic mass is 10.1. The molecular formula is C12H17N3O. The van der Waals surface area contributed by atoms with Gasteiger partial charge in [-0.05, 0) is 25.0 Å². The molecule has 0 fully saturated rings. The third kappa shape index (κ3) is 3.13. The molecule has 86 valence electrons. The Morgan fingerprint density at radius 1 is 1.56 bits per heavy atom. The van der Waals surface area contributed by atoms with E-state index in [1.54, 1.807) is 22.9 Å². The molecule has 0 aliphatic carbocycles. The largest absolute Gasteiger partial charge is 0.352 e. The fourth-order valence-corrected chi connectivity index (χ4v) is 1.27. The van der Waals surface area contributed by atoms with E-state index in [9.17, 15) is 4.79 Å². The summed E-state index contributed by atoms with van der Waals surface area (Å²) in [5.41, 5.74) is 0.507. The maximum Gasteiger partial charge on any atom is 0.240 e. The van der Waals surface area contributed by atoms with Crippen molar-refractivity contribution >= 4 is 5.91 Å². The first-order valence-corrected chi connectivity index (χ1v) is 5.39. The Kier molecular flexibility index (Phi) is 4.12. The first-order valence-electron chi connectivity index (χ1n) is 5.39. The van der Waals surface area contributed by atoms with E-state index in [1.165, 1.54) is 0 Å². The molecule has 1 aromatic rings. The molecule has 1 rings (SSSR count). The average molecular weight is 219 g/mol. The van der Waals surface area contributed by atoms with E-state index in [-0.39, 0.29) is 18.5 Å². The summed E-state index contributed by atoms with van der Waals surface area (Å²) in [6.45, 7) is 6.29. The van der Waals surface area contributed by atoms with Gasteiger partial charge in [-0.25, -0.2) is 0 Å². The maximum absolute atomic E-state index is 11.7. The fourth-order valence-electron chi connectivity index (χ4n) is 1.27. The van der Waals surface area contributed by atoms with Gasteiger partial charge in [0.05, 0.1) is 0 Å². The first-order chi connectivity index (χ1) is 7.54. The molecule has 16 heavy (non-hydrogen) atoms. The number of rotatable bonds is 4. The van der Waals surface area contributed by atoms with Crippen molar-refractivity contribution in [3.63, 3.8) is 0 Å². The van der Waals surface area contributed by atoms with Gasteiger partial charge in [0.25, 0.3) is 0 Å². The Bertz CT molecular complexity index is 401. The second-order valence-corrected chi connectivity index (χ2v) is 4.23. The van der Waals surface area contributed by atoms with Gasteiger partial charge < -0.3 is 9.88 Å². The summed E-state index contributed by atoms with van der Waals surface area (Å²) < 4.78 is 1.64. The number of amides is 1. The molecule has 0 saturated heterocycles. The number of carbonyl (C=O) groups excluding carboxylic acids is 1. The molecule has 1 aromatic heterocycles. The number of nitriles is 1. The predicted octanol–water partition coefficient (Wildman–Crippen LogP) is 1.52. The van der Waals surface area contributed by atoms with Gasteiger partial charge in [0.1, 0.15) is 18.3 Å². The molecule has 1 N–H and O–H groups in total. The van der Waals surface area contributed by atoms with E-state index in [4.69, 9.17) is 5.26 Å². The Hall–Kier alpha value is -1.76. The average Bonchev–Trinajstić information content (AvgIpc) is 2.64. The van der Waals surface area contributed by atoms with Crippen LogP contribution in [0, 0.1) is 17.2 Å². The van der Waals surface area contributed by atoms with Crippen LogP contribution in [-0.2, 0) is 11.3 Å². The highest BCUT2D eigenvalue weighted by Gasteiger charge is 2.11. The lowest BCUT2D eigenvalue weighted by Gasteiger charge is -2.17. The van der Waals surface area contributed by atoms with Gasteiger partial charge in [0.2, 0.25) is 5.91 Å². The molecule has 0 saturated carbocycles. The normalized spacial score (nSPS) is 12.2. The Labute approximate surface area is 95.9 Å². The molecule has 1 amide bonds. The fraction of sp³-hybridized carbons (Fsp3) is 0.500. The Morgan fingerprint density at radius 2 is 2.25 bits per heavy atom. The smallest absolute Gasteiger partial charge is 0.240 e. The summed E-state index contributed by atoms with van der Waals surface area (Å²) in [5, 5.41) is 11.7. The van der Waals surface area contributed by atoms with Gasteiger partial charge in [0, 0.05) is 12.2 Å². The first kappa shape index (κ1) is 12.3. The number of hydrogen-bond donors (Lipinski definition) is 1. The van der Waals surface area contributed by atoms with Crippen LogP contribution in [0.3, 0.4) is 0 Å². The Morgan fingerprint density at radius 3 is 2.81 bits per heavy atom. The van der Waals surface area contributed by atoms with Crippen LogP contribution in [0.4, 0.5) is 0 Å². The molecule has 0 aliphatic rings. The van der Waals surface area contributed by atoms with Crippen LogP contribution in [-0.4, -0.2) is 16.5 Å². The zero-order valence-electron chi connectivity index (χ0n) is 9.90. The molecule has 0 spiro atoms. The van der Waals surface area contributed by atoms with Crippen LogP contribution in [0.1, 0.15) is 26.5 Å². The summed E-state index contributed by atoms with van der Waals surface area (Å²) in [6.07, 6.45) is 1.73. The van der Waals surface area contributed by atoms with Crippen molar-refractivity contribution in [2.75, 3.05) is 0 Å². The van der Waals surface area contributed by atoms with Crippen molar-refractivity contribution in [3.05, 3.63) is 24.0 Å². The van der Waals surface area contributed by atoms with Crippen molar-refractivity contribution in [2.45, 2.75) is 33.4 Å². The summed E-state index contributed by atoms with van der Waals surface area (Å²) in [5.74, 6) is 0.345. The van der Waals surface area contributed by atoms with Crippen LogP contribution < -0.4 is 5.32 Å². The molecule has 0 radical (unpaired) electrons. The second-order valence-electron chi connectivity index (χ2n) is 4.23. The third-order valence-electron chi connectivity index (χ3n) is 2.65. The van der Waals surface area contributed by atoms with Gasteiger partial charge in [0.15, 0.2) is 0 Å². The summed E-state index contributed by atoms with van der Waals surface area (Å²) in [7, 11) is 0. The summed E-state index contributed by atoms with van der Waals surface area (Å²) in [4.78, 5) is 11.7. The highest BCUT2D eigenvalue weighted by molar-refractivity contribution is 5.76. The topological polar surface area (TPSA) is 57.8 Å². The number of aromatic nitrogens is 1. The summed E-state index contributed by atoms with van der Waals surface area (Å²) >= 11 is 0. The van der Waals surface area contributed by atoms with E-state index < -0.39 is 0 Å². The van der Waals surface area contributed by atoms with Crippen molar-refractivity contribution < 1.29 is 4.79 Å². The zero-order chi connectivity index (χ0) is 12.1. The van der Waals surface area contributed by atoms with Crippen LogP contribution in [0.2, 0.25) is 0 Å². The Balaban J connectivity index is 2.56. The SMILES string of the molecule is CC(C)C(C)NC(=O)Cn1cccc1C#N. The predicted molar refractivity (Wildman–Crippen MR) is 61.6 cm³/mol. The number of carbonyl (C=O) groups is 1. The number of hydrogen-bond acceptors (Lipinski definition) is 2. The molecule has 4 heteroatoms. The van der Waals surface area contributed by atoms with Gasteiger partial charge >= 0.3 is 0 Å². The number of nitrogens with zero attached hydrogens (tertiary/aromatic N) is 2. The van der Waals surface area contributed by atoms with Crippen molar-refractivity contribution in [1.82, 2.24) is 9.88 Å². The van der Waals surface area contributed by atoms with Gasteiger partial charge in [-0.15, -0.1) is 0 Å². The third-order valence-corrected chi connectivity index (χ3v) is 2.65. The molecule has 1 heterocycles. The van der Waals surface area contributed by atoms with Gasteiger partial charge in [-0.1, -0.05) is 13.8 Å². The van der Waals surface area contributed by atoms with Crippen LogP contribution >= 0.6 is 0 Å². The second kappa shape index (κ2) is 5.36. The highest BCUT2D eigenvalue weighted by Crippen LogP contribution is 2.02. The van der Waals surface area contributed by atoms with E-state index in [1.807, 2.05) is 13.0 Å². The van der Waals surface area contributed by atoms with Crippen molar-refractivity contribution in [2.24, 2.45) is 5.92 Å². The van der Waals surface area contributed by atoms with E-state index >= 15 is 0 Å². The minimum Gasteiger partial charge on any atom is -0.352 e. The molecule has 0 aromatic carbocycles. The van der Waals surface area contributed by atoms with Crippen LogP contribution in [0.15, 0.2) is 18.3 Å². The molecule has 4 nitrogen and oxygen atoms in total. The van der Waals surface area contributed by atoms with Crippen molar-refractivity contribution in [1.29, 1.82) is 5.26 Å². The molecular weight excluding hydrogens is 202 g/mol. The standard InChI is InChI=1S/C12H17N3O/c1-9(2)10(3)14-12(16)8-15-6-4-5-11(15)7-13/h4-6,9-10H,8H2,1-3H3,(H,14,16). The van der Waals surface area contributed by atoms with E-state index in [0.29, 0.717) is 11.6 Å². The minimum absolute atomic E-state index is 0.0612. The minimum atomic E-state index is -0.0612. The van der Waals surface area contributed by atoms with Crippen LogP contribution in [0.5, 0.6) is 0 Å².